The minimum absolute atomic E-state index is 0.953. The summed E-state index contributed by atoms with van der Waals surface area (Å²) in [6, 6.07) is 0. The van der Waals surface area contributed by atoms with E-state index >= 15 is 0 Å². The Morgan fingerprint density at radius 1 is 1.12 bits per heavy atom. The minimum atomic E-state index is 0.953. The van der Waals surface area contributed by atoms with Crippen molar-refractivity contribution in [2.24, 2.45) is 0 Å². The molecule has 3 heteroatoms. The summed E-state index contributed by atoms with van der Waals surface area (Å²) in [5.74, 6) is 0. The minimum Gasteiger partial charge on any atom is -0.313 e. The Labute approximate surface area is 106 Å². The Balaban J connectivity index is 1.93. The van der Waals surface area contributed by atoms with Gasteiger partial charge in [-0.05, 0) is 19.9 Å². The molecule has 0 atom stereocenters. The highest BCUT2D eigenvalue weighted by Gasteiger charge is 1.96. The summed E-state index contributed by atoms with van der Waals surface area (Å²) in [6.45, 7) is 7.41. The summed E-state index contributed by atoms with van der Waals surface area (Å²) in [7, 11) is 0. The Morgan fingerprint density at radius 3 is 2.59 bits per heavy atom. The first-order chi connectivity index (χ1) is 8.36. The van der Waals surface area contributed by atoms with Gasteiger partial charge in [0.1, 0.15) is 0 Å². The van der Waals surface area contributed by atoms with E-state index in [1.165, 1.54) is 44.1 Å². The first-order valence-electron chi connectivity index (χ1n) is 7.08. The van der Waals surface area contributed by atoms with Crippen molar-refractivity contribution in [3.05, 3.63) is 18.0 Å². The predicted molar refractivity (Wildman–Crippen MR) is 73.0 cm³/mol. The molecule has 0 spiro atoms. The highest BCUT2D eigenvalue weighted by Crippen LogP contribution is 2.04. The normalized spacial score (nSPS) is 10.9. The van der Waals surface area contributed by atoms with Gasteiger partial charge < -0.3 is 5.32 Å². The van der Waals surface area contributed by atoms with Gasteiger partial charge in [-0.25, -0.2) is 0 Å². The second-order valence-corrected chi connectivity index (χ2v) is 4.65. The number of hydrogen-bond donors (Lipinski definition) is 1. The number of rotatable bonds is 10. The summed E-state index contributed by atoms with van der Waals surface area (Å²) in [4.78, 5) is 0. The van der Waals surface area contributed by atoms with Gasteiger partial charge in [0.05, 0.1) is 6.20 Å². The standard InChI is InChI=1S/C14H27N3/c1-3-5-6-7-8-9-10-15-11-14-12-16-17(4-2)13-14/h12-13,15H,3-11H2,1-2H3. The van der Waals surface area contributed by atoms with Crippen LogP contribution in [0.4, 0.5) is 0 Å². The lowest BCUT2D eigenvalue weighted by atomic mass is 10.1. The maximum absolute atomic E-state index is 4.26. The molecular weight excluding hydrogens is 210 g/mol. The van der Waals surface area contributed by atoms with Crippen LogP contribution in [-0.2, 0) is 13.1 Å². The van der Waals surface area contributed by atoms with E-state index in [9.17, 15) is 0 Å². The Morgan fingerprint density at radius 2 is 1.88 bits per heavy atom. The summed E-state index contributed by atoms with van der Waals surface area (Å²) in [6.07, 6.45) is 12.3. The van der Waals surface area contributed by atoms with Crippen molar-refractivity contribution in [1.82, 2.24) is 15.1 Å². The van der Waals surface area contributed by atoms with Gasteiger partial charge in [0.15, 0.2) is 0 Å². The summed E-state index contributed by atoms with van der Waals surface area (Å²) in [5.41, 5.74) is 1.29. The van der Waals surface area contributed by atoms with Crippen molar-refractivity contribution in [3.8, 4) is 0 Å². The molecule has 17 heavy (non-hydrogen) atoms. The van der Waals surface area contributed by atoms with Crippen LogP contribution in [0.2, 0.25) is 0 Å². The van der Waals surface area contributed by atoms with Crippen molar-refractivity contribution < 1.29 is 0 Å². The molecule has 3 nitrogen and oxygen atoms in total. The van der Waals surface area contributed by atoms with E-state index in [2.05, 4.69) is 30.5 Å². The molecule has 1 aromatic heterocycles. The van der Waals surface area contributed by atoms with Crippen LogP contribution in [0.1, 0.15) is 57.9 Å². The zero-order valence-corrected chi connectivity index (χ0v) is 11.4. The van der Waals surface area contributed by atoms with Gasteiger partial charge in [0.2, 0.25) is 0 Å². The molecule has 1 rings (SSSR count). The second kappa shape index (κ2) is 9.23. The number of aryl methyl sites for hydroxylation is 1. The van der Waals surface area contributed by atoms with Crippen LogP contribution in [0, 0.1) is 0 Å². The molecule has 0 radical (unpaired) electrons. The monoisotopic (exact) mass is 237 g/mol. The van der Waals surface area contributed by atoms with Crippen LogP contribution in [0.3, 0.4) is 0 Å². The quantitative estimate of drug-likeness (QED) is 0.632. The van der Waals surface area contributed by atoms with Gasteiger partial charge in [-0.1, -0.05) is 39.0 Å². The highest BCUT2D eigenvalue weighted by atomic mass is 15.3. The van der Waals surface area contributed by atoms with Crippen LogP contribution in [0.25, 0.3) is 0 Å². The molecule has 0 saturated heterocycles. The number of hydrogen-bond acceptors (Lipinski definition) is 2. The molecule has 0 aliphatic rings. The third-order valence-corrected chi connectivity index (χ3v) is 3.05. The number of aromatic nitrogens is 2. The number of nitrogens with one attached hydrogen (secondary N) is 1. The number of unbranched alkanes of at least 4 members (excludes halogenated alkanes) is 5. The lowest BCUT2D eigenvalue weighted by Gasteiger charge is -2.03. The van der Waals surface area contributed by atoms with E-state index in [0.717, 1.165) is 19.6 Å². The maximum Gasteiger partial charge on any atom is 0.0534 e. The molecule has 0 unspecified atom stereocenters. The van der Waals surface area contributed by atoms with E-state index in [-0.39, 0.29) is 0 Å². The fourth-order valence-corrected chi connectivity index (χ4v) is 1.93. The molecule has 1 aromatic rings. The average Bonchev–Trinajstić information content (AvgIpc) is 2.80. The largest absolute Gasteiger partial charge is 0.313 e. The molecule has 0 saturated carbocycles. The van der Waals surface area contributed by atoms with E-state index in [1.54, 1.807) is 0 Å². The molecule has 0 fully saturated rings. The van der Waals surface area contributed by atoms with Gasteiger partial charge in [0.25, 0.3) is 0 Å². The first kappa shape index (κ1) is 14.2. The van der Waals surface area contributed by atoms with Crippen molar-refractivity contribution in [2.75, 3.05) is 6.54 Å². The van der Waals surface area contributed by atoms with E-state index in [1.807, 2.05) is 10.9 Å². The lowest BCUT2D eigenvalue weighted by molar-refractivity contribution is 0.571. The number of nitrogens with zero attached hydrogens (tertiary/aromatic N) is 2. The highest BCUT2D eigenvalue weighted by molar-refractivity contribution is 5.02. The van der Waals surface area contributed by atoms with Crippen LogP contribution in [-0.4, -0.2) is 16.3 Å². The van der Waals surface area contributed by atoms with Gasteiger partial charge in [-0.3, -0.25) is 4.68 Å². The van der Waals surface area contributed by atoms with Gasteiger partial charge in [-0.2, -0.15) is 5.10 Å². The van der Waals surface area contributed by atoms with Crippen LogP contribution in [0.5, 0.6) is 0 Å². The van der Waals surface area contributed by atoms with Crippen LogP contribution < -0.4 is 5.32 Å². The fourth-order valence-electron chi connectivity index (χ4n) is 1.93. The van der Waals surface area contributed by atoms with E-state index < -0.39 is 0 Å². The molecule has 0 aromatic carbocycles. The fraction of sp³-hybridized carbons (Fsp3) is 0.786. The maximum atomic E-state index is 4.26. The molecule has 98 valence electrons. The summed E-state index contributed by atoms with van der Waals surface area (Å²) < 4.78 is 1.97. The molecule has 0 amide bonds. The SMILES string of the molecule is CCCCCCCCNCc1cnn(CC)c1. The molecule has 1 N–H and O–H groups in total. The molecule has 0 aliphatic carbocycles. The Hall–Kier alpha value is -0.830. The zero-order valence-electron chi connectivity index (χ0n) is 11.4. The van der Waals surface area contributed by atoms with E-state index in [0.29, 0.717) is 0 Å². The third kappa shape index (κ3) is 6.47. The van der Waals surface area contributed by atoms with Gasteiger partial charge in [-0.15, -0.1) is 0 Å². The van der Waals surface area contributed by atoms with Crippen molar-refractivity contribution in [1.29, 1.82) is 0 Å². The van der Waals surface area contributed by atoms with Crippen LogP contribution >= 0.6 is 0 Å². The third-order valence-electron chi connectivity index (χ3n) is 3.05. The smallest absolute Gasteiger partial charge is 0.0534 e. The average molecular weight is 237 g/mol. The first-order valence-corrected chi connectivity index (χ1v) is 7.08. The predicted octanol–water partition coefficient (Wildman–Crippen LogP) is 3.35. The molecule has 1 heterocycles. The summed E-state index contributed by atoms with van der Waals surface area (Å²) >= 11 is 0. The molecule has 0 bridgehead atoms. The van der Waals surface area contributed by atoms with Gasteiger partial charge >= 0.3 is 0 Å². The van der Waals surface area contributed by atoms with E-state index in [4.69, 9.17) is 0 Å². The topological polar surface area (TPSA) is 29.9 Å². The second-order valence-electron chi connectivity index (χ2n) is 4.65. The van der Waals surface area contributed by atoms with Crippen molar-refractivity contribution in [2.45, 2.75) is 65.5 Å². The lowest BCUT2D eigenvalue weighted by Crippen LogP contribution is -2.14. The molecular formula is C14H27N3. The zero-order chi connectivity index (χ0) is 12.3. The van der Waals surface area contributed by atoms with Gasteiger partial charge in [0, 0.05) is 24.8 Å². The van der Waals surface area contributed by atoms with Crippen LogP contribution in [0.15, 0.2) is 12.4 Å². The molecule has 0 aliphatic heterocycles. The Bertz CT molecular complexity index is 281. The van der Waals surface area contributed by atoms with Crippen molar-refractivity contribution >= 4 is 0 Å². The van der Waals surface area contributed by atoms with Crippen molar-refractivity contribution in [3.63, 3.8) is 0 Å². The summed E-state index contributed by atoms with van der Waals surface area (Å²) in [5, 5.41) is 7.74. The Kier molecular flexibility index (Phi) is 7.72.